The third kappa shape index (κ3) is 6.70. The van der Waals surface area contributed by atoms with E-state index in [9.17, 15) is 18.0 Å². The molecule has 2 rings (SSSR count). The smallest absolute Gasteiger partial charge is 0.411 e. The fourth-order valence-electron chi connectivity index (χ4n) is 2.92. The Bertz CT molecular complexity index is 843. The second-order valence-electron chi connectivity index (χ2n) is 9.40. The average molecular weight is 442 g/mol. The summed E-state index contributed by atoms with van der Waals surface area (Å²) in [6.45, 7) is 12.0. The molecule has 0 saturated carbocycles. The van der Waals surface area contributed by atoms with Gasteiger partial charge in [-0.25, -0.2) is 9.59 Å². The highest BCUT2D eigenvalue weighted by molar-refractivity contribution is 7.86. The highest BCUT2D eigenvalue weighted by atomic mass is 32.2. The molecule has 2 atom stereocenters. The summed E-state index contributed by atoms with van der Waals surface area (Å²) in [5.41, 5.74) is -0.623. The van der Waals surface area contributed by atoms with Gasteiger partial charge in [0.25, 0.3) is 10.1 Å². The molecule has 168 valence electrons. The highest BCUT2D eigenvalue weighted by Crippen LogP contribution is 2.28. The van der Waals surface area contributed by atoms with Crippen LogP contribution >= 0.6 is 0 Å². The van der Waals surface area contributed by atoms with E-state index < -0.39 is 45.5 Å². The Balaban J connectivity index is 2.23. The lowest BCUT2D eigenvalue weighted by Crippen LogP contribution is -2.45. The van der Waals surface area contributed by atoms with Gasteiger partial charge in [0, 0.05) is 6.42 Å². The number of esters is 1. The number of nitrogens with zero attached hydrogens (tertiary/aromatic N) is 1. The van der Waals surface area contributed by atoms with Gasteiger partial charge in [-0.1, -0.05) is 17.7 Å². The van der Waals surface area contributed by atoms with Gasteiger partial charge in [0.2, 0.25) is 0 Å². The van der Waals surface area contributed by atoms with Crippen molar-refractivity contribution in [2.45, 2.75) is 83.1 Å². The third-order valence-electron chi connectivity index (χ3n) is 4.14. The standard InChI is InChI=1S/C21H31NO7S/c1-14-8-10-16(11-9-14)30(25,26)29-15-12-17(18(23)27-20(2,3)4)22(13-15)19(24)28-21(5,6)7/h8-11,15,17H,12-13H2,1-7H3/t15-,17?/m1/s1. The molecule has 1 fully saturated rings. The molecule has 1 aromatic carbocycles. The van der Waals surface area contributed by atoms with Gasteiger partial charge in [0.05, 0.1) is 17.5 Å². The molecule has 9 heteroatoms. The number of rotatable bonds is 4. The van der Waals surface area contributed by atoms with E-state index >= 15 is 0 Å². The lowest BCUT2D eigenvalue weighted by Gasteiger charge is -2.29. The van der Waals surface area contributed by atoms with Crippen LogP contribution in [0.5, 0.6) is 0 Å². The van der Waals surface area contributed by atoms with Crippen molar-refractivity contribution in [3.8, 4) is 0 Å². The zero-order valence-electron chi connectivity index (χ0n) is 18.6. The molecule has 1 unspecified atom stereocenters. The van der Waals surface area contributed by atoms with Gasteiger partial charge in [-0.2, -0.15) is 8.42 Å². The molecule has 0 spiro atoms. The predicted octanol–water partition coefficient (Wildman–Crippen LogP) is 3.42. The largest absolute Gasteiger partial charge is 0.458 e. The number of carbonyl (C=O) groups excluding carboxylic acids is 2. The van der Waals surface area contributed by atoms with Crippen LogP contribution in [0, 0.1) is 6.92 Å². The molecule has 1 aliphatic rings. The quantitative estimate of drug-likeness (QED) is 0.521. The zero-order valence-corrected chi connectivity index (χ0v) is 19.4. The van der Waals surface area contributed by atoms with E-state index in [1.54, 1.807) is 53.7 Å². The van der Waals surface area contributed by atoms with E-state index in [-0.39, 0.29) is 17.9 Å². The number of carbonyl (C=O) groups is 2. The summed E-state index contributed by atoms with van der Waals surface area (Å²) in [6, 6.07) is 5.24. The lowest BCUT2D eigenvalue weighted by atomic mass is 10.1. The first-order valence-corrected chi connectivity index (χ1v) is 11.2. The topological polar surface area (TPSA) is 99.2 Å². The van der Waals surface area contributed by atoms with Gasteiger partial charge in [-0.3, -0.25) is 9.08 Å². The maximum atomic E-state index is 12.7. The first-order chi connectivity index (χ1) is 13.6. The molecule has 1 saturated heterocycles. The summed E-state index contributed by atoms with van der Waals surface area (Å²) in [4.78, 5) is 26.5. The van der Waals surface area contributed by atoms with Crippen molar-refractivity contribution in [1.82, 2.24) is 4.90 Å². The molecule has 1 heterocycles. The van der Waals surface area contributed by atoms with Gasteiger partial charge in [0.1, 0.15) is 17.2 Å². The number of hydrogen-bond donors (Lipinski definition) is 0. The van der Waals surface area contributed by atoms with E-state index in [0.717, 1.165) is 5.56 Å². The van der Waals surface area contributed by atoms with Crippen molar-refractivity contribution in [1.29, 1.82) is 0 Å². The summed E-state index contributed by atoms with van der Waals surface area (Å²) in [5, 5.41) is 0. The van der Waals surface area contributed by atoms with Gasteiger partial charge < -0.3 is 9.47 Å². The minimum absolute atomic E-state index is 0.0117. The van der Waals surface area contributed by atoms with Gasteiger partial charge in [-0.05, 0) is 60.6 Å². The molecule has 0 N–H and O–H groups in total. The highest BCUT2D eigenvalue weighted by Gasteiger charge is 2.45. The monoisotopic (exact) mass is 441 g/mol. The second kappa shape index (κ2) is 8.55. The van der Waals surface area contributed by atoms with Crippen LogP contribution in [0.3, 0.4) is 0 Å². The Kier molecular flexibility index (Phi) is 6.88. The van der Waals surface area contributed by atoms with Crippen molar-refractivity contribution in [2.24, 2.45) is 0 Å². The van der Waals surface area contributed by atoms with Crippen molar-refractivity contribution < 1.29 is 31.7 Å². The molecule has 0 aromatic heterocycles. The number of amides is 1. The van der Waals surface area contributed by atoms with Crippen LogP contribution < -0.4 is 0 Å². The normalized spacial score (nSPS) is 20.2. The van der Waals surface area contributed by atoms with Crippen molar-refractivity contribution >= 4 is 22.2 Å². The molecule has 8 nitrogen and oxygen atoms in total. The zero-order chi connectivity index (χ0) is 22.9. The first-order valence-electron chi connectivity index (χ1n) is 9.80. The molecular formula is C21H31NO7S. The van der Waals surface area contributed by atoms with Gasteiger partial charge in [-0.15, -0.1) is 0 Å². The summed E-state index contributed by atoms with van der Waals surface area (Å²) in [7, 11) is -4.06. The van der Waals surface area contributed by atoms with Crippen molar-refractivity contribution in [2.75, 3.05) is 6.54 Å². The molecular weight excluding hydrogens is 410 g/mol. The van der Waals surface area contributed by atoms with Crippen molar-refractivity contribution in [3.05, 3.63) is 29.8 Å². The summed E-state index contributed by atoms with van der Waals surface area (Å²) >= 11 is 0. The summed E-state index contributed by atoms with van der Waals surface area (Å²) < 4.78 is 41.4. The van der Waals surface area contributed by atoms with Crippen LogP contribution in [0.1, 0.15) is 53.5 Å². The fraction of sp³-hybridized carbons (Fsp3) is 0.619. The average Bonchev–Trinajstić information content (AvgIpc) is 2.95. The first kappa shape index (κ1) is 24.1. The summed E-state index contributed by atoms with van der Waals surface area (Å²) in [5.74, 6) is -0.632. The number of ether oxygens (including phenoxy) is 2. The Morgan fingerprint density at radius 1 is 0.967 bits per heavy atom. The van der Waals surface area contributed by atoms with Crippen LogP contribution in [0.2, 0.25) is 0 Å². The number of hydrogen-bond acceptors (Lipinski definition) is 7. The molecule has 1 aliphatic heterocycles. The van der Waals surface area contributed by atoms with Crippen LogP contribution in [0.4, 0.5) is 4.79 Å². The van der Waals surface area contributed by atoms with Crippen molar-refractivity contribution in [3.63, 3.8) is 0 Å². The Hall–Kier alpha value is -2.13. The fourth-order valence-corrected chi connectivity index (χ4v) is 4.00. The Morgan fingerprint density at radius 2 is 1.50 bits per heavy atom. The van der Waals surface area contributed by atoms with E-state index in [1.165, 1.54) is 17.0 Å². The molecule has 1 amide bonds. The Labute approximate surface area is 178 Å². The van der Waals surface area contributed by atoms with Crippen LogP contribution in [-0.4, -0.2) is 55.3 Å². The van der Waals surface area contributed by atoms with Gasteiger partial charge >= 0.3 is 12.1 Å². The molecule has 30 heavy (non-hydrogen) atoms. The molecule has 0 aliphatic carbocycles. The molecule has 1 aromatic rings. The van der Waals surface area contributed by atoms with E-state index in [0.29, 0.717) is 0 Å². The lowest BCUT2D eigenvalue weighted by molar-refractivity contribution is -0.160. The minimum Gasteiger partial charge on any atom is -0.458 e. The van der Waals surface area contributed by atoms with E-state index in [4.69, 9.17) is 13.7 Å². The maximum absolute atomic E-state index is 12.7. The van der Waals surface area contributed by atoms with Crippen LogP contribution in [-0.2, 0) is 28.6 Å². The van der Waals surface area contributed by atoms with Crippen LogP contribution in [0.25, 0.3) is 0 Å². The van der Waals surface area contributed by atoms with Crippen LogP contribution in [0.15, 0.2) is 29.2 Å². The number of aryl methyl sites for hydroxylation is 1. The molecule has 0 bridgehead atoms. The number of likely N-dealkylation sites (tertiary alicyclic amines) is 1. The third-order valence-corrected chi connectivity index (χ3v) is 5.52. The Morgan fingerprint density at radius 3 is 2.00 bits per heavy atom. The second-order valence-corrected chi connectivity index (χ2v) is 11.0. The molecule has 0 radical (unpaired) electrons. The minimum atomic E-state index is -4.06. The predicted molar refractivity (Wildman–Crippen MR) is 110 cm³/mol. The van der Waals surface area contributed by atoms with E-state index in [2.05, 4.69) is 0 Å². The SMILES string of the molecule is Cc1ccc(S(=O)(=O)O[C@@H]2CC(C(=O)OC(C)(C)C)N(C(=O)OC(C)(C)C)C2)cc1. The number of benzene rings is 1. The van der Waals surface area contributed by atoms with E-state index in [1.807, 2.05) is 6.92 Å². The summed E-state index contributed by atoms with van der Waals surface area (Å²) in [6.07, 6.45) is -1.64. The van der Waals surface area contributed by atoms with Gasteiger partial charge in [0.15, 0.2) is 0 Å². The maximum Gasteiger partial charge on any atom is 0.411 e.